The first-order valence-electron chi connectivity index (χ1n) is 6.86. The smallest absolute Gasteiger partial charge is 0.189 e. The minimum absolute atomic E-state index is 0.109. The second-order valence-electron chi connectivity index (χ2n) is 5.04. The predicted molar refractivity (Wildman–Crippen MR) is 87.8 cm³/mol. The minimum Gasteiger partial charge on any atom is -0.496 e. The normalized spacial score (nSPS) is 15.9. The van der Waals surface area contributed by atoms with Crippen LogP contribution in [0.2, 0.25) is 0 Å². The number of hydrogen-bond donors (Lipinski definition) is 0. The lowest BCUT2D eigenvalue weighted by atomic mass is 9.85. The Morgan fingerprint density at radius 2 is 1.86 bits per heavy atom. The third kappa shape index (κ3) is 2.79. The fourth-order valence-electron chi connectivity index (χ4n) is 2.67. The van der Waals surface area contributed by atoms with E-state index < -0.39 is 0 Å². The van der Waals surface area contributed by atoms with Crippen LogP contribution in [-0.4, -0.2) is 12.9 Å². The number of carbonyl (C=O) groups is 1. The molecule has 2 nitrogen and oxygen atoms in total. The number of ether oxygens (including phenoxy) is 1. The molecule has 0 saturated carbocycles. The van der Waals surface area contributed by atoms with Gasteiger partial charge in [-0.05, 0) is 42.7 Å². The third-order valence-electron chi connectivity index (χ3n) is 3.74. The molecule has 2 aromatic rings. The van der Waals surface area contributed by atoms with Gasteiger partial charge in [-0.15, -0.1) is 0 Å². The van der Waals surface area contributed by atoms with E-state index in [-0.39, 0.29) is 5.78 Å². The van der Waals surface area contributed by atoms with Crippen molar-refractivity contribution in [3.8, 4) is 5.75 Å². The molecule has 0 fully saturated rings. The Morgan fingerprint density at radius 3 is 2.57 bits per heavy atom. The summed E-state index contributed by atoms with van der Waals surface area (Å²) in [5.74, 6) is 0.918. The third-order valence-corrected chi connectivity index (χ3v) is 4.27. The van der Waals surface area contributed by atoms with Crippen molar-refractivity contribution in [2.24, 2.45) is 0 Å². The highest BCUT2D eigenvalue weighted by atomic mass is 79.9. The van der Waals surface area contributed by atoms with Crippen molar-refractivity contribution in [2.75, 3.05) is 7.11 Å². The summed E-state index contributed by atoms with van der Waals surface area (Å²) in [5.41, 5.74) is 3.70. The van der Waals surface area contributed by atoms with Gasteiger partial charge >= 0.3 is 0 Å². The number of methoxy groups -OCH3 is 1. The zero-order chi connectivity index (χ0) is 14.8. The summed E-state index contributed by atoms with van der Waals surface area (Å²) in [6, 6.07) is 13.6. The zero-order valence-corrected chi connectivity index (χ0v) is 13.3. The molecule has 0 aromatic heterocycles. The van der Waals surface area contributed by atoms with E-state index in [9.17, 15) is 4.79 Å². The van der Waals surface area contributed by atoms with Crippen molar-refractivity contribution in [3.63, 3.8) is 0 Å². The molecule has 0 unspecified atom stereocenters. The van der Waals surface area contributed by atoms with Gasteiger partial charge in [0.15, 0.2) is 5.78 Å². The number of carbonyl (C=O) groups excluding carboxylic acids is 1. The number of halogens is 1. The number of allylic oxidation sites excluding steroid dienone is 1. The maximum Gasteiger partial charge on any atom is 0.189 e. The zero-order valence-electron chi connectivity index (χ0n) is 11.7. The van der Waals surface area contributed by atoms with E-state index in [1.807, 2.05) is 48.5 Å². The van der Waals surface area contributed by atoms with Crippen LogP contribution in [0.25, 0.3) is 6.08 Å². The maximum atomic E-state index is 12.6. The summed E-state index contributed by atoms with van der Waals surface area (Å²) in [6.45, 7) is 0. The summed E-state index contributed by atoms with van der Waals surface area (Å²) >= 11 is 3.42. The van der Waals surface area contributed by atoms with Crippen LogP contribution < -0.4 is 4.74 Å². The lowest BCUT2D eigenvalue weighted by Crippen LogP contribution is -2.15. The van der Waals surface area contributed by atoms with Crippen LogP contribution >= 0.6 is 15.9 Å². The number of benzene rings is 2. The van der Waals surface area contributed by atoms with Crippen LogP contribution in [0.15, 0.2) is 52.5 Å². The molecule has 21 heavy (non-hydrogen) atoms. The van der Waals surface area contributed by atoms with Crippen LogP contribution in [0.4, 0.5) is 0 Å². The molecular formula is C18H15BrO2. The molecule has 1 aliphatic carbocycles. The van der Waals surface area contributed by atoms with Gasteiger partial charge in [0.05, 0.1) is 7.11 Å². The monoisotopic (exact) mass is 342 g/mol. The van der Waals surface area contributed by atoms with E-state index in [0.717, 1.165) is 45.3 Å². The SMILES string of the molecule is COc1cccc2c1CCC(=Cc1ccc(Br)cc1)C2=O. The molecule has 0 heterocycles. The second kappa shape index (κ2) is 5.86. The summed E-state index contributed by atoms with van der Waals surface area (Å²) < 4.78 is 6.39. The van der Waals surface area contributed by atoms with Crippen molar-refractivity contribution in [3.05, 3.63) is 69.2 Å². The molecule has 0 bridgehead atoms. The van der Waals surface area contributed by atoms with Crippen molar-refractivity contribution < 1.29 is 9.53 Å². The van der Waals surface area contributed by atoms with Gasteiger partial charge in [0.2, 0.25) is 0 Å². The molecule has 106 valence electrons. The molecule has 0 atom stereocenters. The highest BCUT2D eigenvalue weighted by Gasteiger charge is 2.24. The Morgan fingerprint density at radius 1 is 1.10 bits per heavy atom. The average Bonchev–Trinajstić information content (AvgIpc) is 2.51. The molecule has 3 rings (SSSR count). The molecule has 0 amide bonds. The molecule has 0 aliphatic heterocycles. The molecule has 0 radical (unpaired) electrons. The van der Waals surface area contributed by atoms with E-state index in [1.165, 1.54) is 0 Å². The molecule has 3 heteroatoms. The number of hydrogen-bond acceptors (Lipinski definition) is 2. The molecule has 0 saturated heterocycles. The van der Waals surface area contributed by atoms with Gasteiger partial charge in [0, 0.05) is 21.2 Å². The van der Waals surface area contributed by atoms with Crippen LogP contribution in [-0.2, 0) is 6.42 Å². The van der Waals surface area contributed by atoms with Crippen LogP contribution in [0, 0.1) is 0 Å². The van der Waals surface area contributed by atoms with Crippen molar-refractivity contribution in [2.45, 2.75) is 12.8 Å². The lowest BCUT2D eigenvalue weighted by molar-refractivity contribution is 0.102. The summed E-state index contributed by atoms with van der Waals surface area (Å²) in [7, 11) is 1.65. The highest BCUT2D eigenvalue weighted by molar-refractivity contribution is 9.10. The molecule has 1 aliphatic rings. The summed E-state index contributed by atoms with van der Waals surface area (Å²) in [5, 5.41) is 0. The first kappa shape index (κ1) is 14.1. The summed E-state index contributed by atoms with van der Waals surface area (Å²) in [4.78, 5) is 12.6. The van der Waals surface area contributed by atoms with Gasteiger partial charge in [-0.1, -0.05) is 40.2 Å². The molecule has 0 N–H and O–H groups in total. The van der Waals surface area contributed by atoms with Gasteiger partial charge in [0.1, 0.15) is 5.75 Å². The van der Waals surface area contributed by atoms with Gasteiger partial charge < -0.3 is 4.74 Å². The lowest BCUT2D eigenvalue weighted by Gasteiger charge is -2.19. The first-order chi connectivity index (χ1) is 10.2. The highest BCUT2D eigenvalue weighted by Crippen LogP contribution is 2.32. The van der Waals surface area contributed by atoms with E-state index in [0.29, 0.717) is 0 Å². The van der Waals surface area contributed by atoms with Gasteiger partial charge in [0.25, 0.3) is 0 Å². The predicted octanol–water partition coefficient (Wildman–Crippen LogP) is 4.67. The van der Waals surface area contributed by atoms with E-state index in [2.05, 4.69) is 15.9 Å². The number of ketones is 1. The Hall–Kier alpha value is -1.87. The van der Waals surface area contributed by atoms with E-state index in [4.69, 9.17) is 4.74 Å². The summed E-state index contributed by atoms with van der Waals surface area (Å²) in [6.07, 6.45) is 3.58. The number of rotatable bonds is 2. The number of fused-ring (bicyclic) bond motifs is 1. The first-order valence-corrected chi connectivity index (χ1v) is 7.65. The van der Waals surface area contributed by atoms with Crippen LogP contribution in [0.3, 0.4) is 0 Å². The quantitative estimate of drug-likeness (QED) is 0.741. The fourth-order valence-corrected chi connectivity index (χ4v) is 2.94. The topological polar surface area (TPSA) is 26.3 Å². The van der Waals surface area contributed by atoms with Crippen molar-refractivity contribution in [1.29, 1.82) is 0 Å². The minimum atomic E-state index is 0.109. The van der Waals surface area contributed by atoms with E-state index in [1.54, 1.807) is 7.11 Å². The van der Waals surface area contributed by atoms with Gasteiger partial charge in [-0.2, -0.15) is 0 Å². The maximum absolute atomic E-state index is 12.6. The molecule has 2 aromatic carbocycles. The van der Waals surface area contributed by atoms with Crippen LogP contribution in [0.1, 0.15) is 27.9 Å². The Bertz CT molecular complexity index is 714. The largest absolute Gasteiger partial charge is 0.496 e. The fraction of sp³-hybridized carbons (Fsp3) is 0.167. The Kier molecular flexibility index (Phi) is 3.93. The second-order valence-corrected chi connectivity index (χ2v) is 5.95. The number of Topliss-reactive ketones (excluding diaryl/α,β-unsaturated/α-hetero) is 1. The molecular weight excluding hydrogens is 328 g/mol. The van der Waals surface area contributed by atoms with Crippen molar-refractivity contribution >= 4 is 27.8 Å². The van der Waals surface area contributed by atoms with Crippen LogP contribution in [0.5, 0.6) is 5.75 Å². The Balaban J connectivity index is 1.97. The van der Waals surface area contributed by atoms with Crippen molar-refractivity contribution in [1.82, 2.24) is 0 Å². The molecule has 0 spiro atoms. The van der Waals surface area contributed by atoms with E-state index >= 15 is 0 Å². The Labute approximate surface area is 132 Å². The van der Waals surface area contributed by atoms with Gasteiger partial charge in [-0.25, -0.2) is 0 Å². The average molecular weight is 343 g/mol. The standard InChI is InChI=1S/C18H15BrO2/c1-21-17-4-2-3-16-15(17)10-7-13(18(16)20)11-12-5-8-14(19)9-6-12/h2-6,8-9,11H,7,10H2,1H3. The van der Waals surface area contributed by atoms with Gasteiger partial charge in [-0.3, -0.25) is 4.79 Å².